The van der Waals surface area contributed by atoms with Crippen molar-refractivity contribution in [2.24, 2.45) is 5.73 Å². The topological polar surface area (TPSA) is 194 Å². The summed E-state index contributed by atoms with van der Waals surface area (Å²) in [5.74, 6) is -1.43. The number of aromatic nitrogens is 2. The number of phenols is 1. The van der Waals surface area contributed by atoms with E-state index in [0.717, 1.165) is 4.57 Å². The number of nitrogens with two attached hydrogens (primary N) is 2. The van der Waals surface area contributed by atoms with Gasteiger partial charge in [0.1, 0.15) is 23.7 Å². The fraction of sp³-hybridized carbons (Fsp3) is 0.389. The van der Waals surface area contributed by atoms with E-state index in [1.807, 2.05) is 0 Å². The van der Waals surface area contributed by atoms with Gasteiger partial charge in [-0.1, -0.05) is 6.07 Å². The number of anilines is 1. The van der Waals surface area contributed by atoms with Crippen molar-refractivity contribution in [3.8, 4) is 5.75 Å². The van der Waals surface area contributed by atoms with Gasteiger partial charge in [0.25, 0.3) is 0 Å². The summed E-state index contributed by atoms with van der Waals surface area (Å²) < 4.78 is 7.01. The SMILES string of the molecule is Nc1ccn([C@@]2(c3cc(O)ccc3C[C@@H](N)C(=O)O)C[C@H](O)[C@@H](CO)O2)c(=O)n1. The third kappa shape index (κ3) is 3.80. The second kappa shape index (κ2) is 7.79. The fourth-order valence-electron chi connectivity index (χ4n) is 3.53. The van der Waals surface area contributed by atoms with Crippen LogP contribution in [0.15, 0.2) is 35.3 Å². The van der Waals surface area contributed by atoms with Crippen LogP contribution in [0.1, 0.15) is 17.5 Å². The van der Waals surface area contributed by atoms with Crippen LogP contribution < -0.4 is 17.2 Å². The van der Waals surface area contributed by atoms with E-state index in [-0.39, 0.29) is 30.0 Å². The van der Waals surface area contributed by atoms with Gasteiger partial charge in [-0.05, 0) is 30.2 Å². The monoisotopic (exact) mass is 406 g/mol. The minimum atomic E-state index is -1.67. The Morgan fingerprint density at radius 3 is 2.72 bits per heavy atom. The van der Waals surface area contributed by atoms with E-state index in [9.17, 15) is 30.0 Å². The molecule has 1 aromatic heterocycles. The van der Waals surface area contributed by atoms with Crippen LogP contribution in [0.2, 0.25) is 0 Å². The Morgan fingerprint density at radius 1 is 1.41 bits per heavy atom. The first-order chi connectivity index (χ1) is 13.7. The number of carboxylic acids is 1. The van der Waals surface area contributed by atoms with Gasteiger partial charge in [0, 0.05) is 18.2 Å². The largest absolute Gasteiger partial charge is 0.508 e. The highest BCUT2D eigenvalue weighted by molar-refractivity contribution is 5.73. The van der Waals surface area contributed by atoms with Crippen molar-refractivity contribution in [2.75, 3.05) is 12.3 Å². The molecule has 0 amide bonds. The number of aliphatic hydroxyl groups excluding tert-OH is 2. The molecule has 1 fully saturated rings. The second-order valence-electron chi connectivity index (χ2n) is 6.89. The predicted molar refractivity (Wildman–Crippen MR) is 100.0 cm³/mol. The molecule has 0 unspecified atom stereocenters. The highest BCUT2D eigenvalue weighted by atomic mass is 16.6. The van der Waals surface area contributed by atoms with Gasteiger partial charge in [0.2, 0.25) is 0 Å². The van der Waals surface area contributed by atoms with Crippen LogP contribution in [-0.2, 0) is 21.7 Å². The molecule has 156 valence electrons. The molecule has 0 radical (unpaired) electrons. The number of hydrogen-bond acceptors (Lipinski definition) is 9. The molecule has 4 atom stereocenters. The summed E-state index contributed by atoms with van der Waals surface area (Å²) in [6, 6.07) is 4.22. The van der Waals surface area contributed by atoms with E-state index >= 15 is 0 Å². The Morgan fingerprint density at radius 2 is 2.14 bits per heavy atom. The number of aliphatic hydroxyl groups is 2. The van der Waals surface area contributed by atoms with Crippen LogP contribution in [0.4, 0.5) is 5.82 Å². The Bertz CT molecular complexity index is 979. The average Bonchev–Trinajstić information content (AvgIpc) is 3.00. The van der Waals surface area contributed by atoms with Gasteiger partial charge in [0.15, 0.2) is 5.72 Å². The minimum absolute atomic E-state index is 0.0253. The molecule has 0 aliphatic carbocycles. The number of rotatable bonds is 6. The Balaban J connectivity index is 2.24. The predicted octanol–water partition coefficient (Wildman–Crippen LogP) is -1.67. The van der Waals surface area contributed by atoms with E-state index in [0.29, 0.717) is 5.56 Å². The first-order valence-electron chi connectivity index (χ1n) is 8.81. The number of carbonyl (C=O) groups is 1. The lowest BCUT2D eigenvalue weighted by atomic mass is 9.90. The number of phenolic OH excluding ortho intramolecular Hbond substituents is 1. The number of carboxylic acid groups (broad SMARTS) is 1. The Labute approximate surface area is 164 Å². The number of aromatic hydroxyl groups is 1. The second-order valence-corrected chi connectivity index (χ2v) is 6.89. The van der Waals surface area contributed by atoms with Crippen LogP contribution in [0.25, 0.3) is 0 Å². The van der Waals surface area contributed by atoms with Gasteiger partial charge in [-0.3, -0.25) is 9.36 Å². The summed E-state index contributed by atoms with van der Waals surface area (Å²) in [7, 11) is 0. The maximum Gasteiger partial charge on any atom is 0.352 e. The van der Waals surface area contributed by atoms with Gasteiger partial charge in [-0.15, -0.1) is 0 Å². The average molecular weight is 406 g/mol. The molecule has 2 aromatic rings. The number of ether oxygens (including phenoxy) is 1. The molecular formula is C18H22N4O7. The van der Waals surface area contributed by atoms with Crippen LogP contribution in [0, 0.1) is 0 Å². The van der Waals surface area contributed by atoms with Crippen molar-refractivity contribution in [1.29, 1.82) is 0 Å². The summed E-state index contributed by atoms with van der Waals surface area (Å²) in [4.78, 5) is 27.5. The summed E-state index contributed by atoms with van der Waals surface area (Å²) in [5.41, 5.74) is 9.39. The van der Waals surface area contributed by atoms with Gasteiger partial charge >= 0.3 is 11.7 Å². The number of benzene rings is 1. The van der Waals surface area contributed by atoms with Crippen molar-refractivity contribution >= 4 is 11.8 Å². The summed E-state index contributed by atoms with van der Waals surface area (Å²) >= 11 is 0. The maximum absolute atomic E-state index is 12.6. The van der Waals surface area contributed by atoms with E-state index in [4.69, 9.17) is 16.2 Å². The third-order valence-corrected chi connectivity index (χ3v) is 4.93. The van der Waals surface area contributed by atoms with Crippen molar-refractivity contribution in [2.45, 2.75) is 36.8 Å². The fourth-order valence-corrected chi connectivity index (χ4v) is 3.53. The van der Waals surface area contributed by atoms with Gasteiger partial charge < -0.3 is 36.6 Å². The lowest BCUT2D eigenvalue weighted by Gasteiger charge is -2.33. The normalized spacial score (nSPS) is 25.1. The molecule has 1 saturated heterocycles. The van der Waals surface area contributed by atoms with Crippen molar-refractivity contribution in [1.82, 2.24) is 9.55 Å². The first kappa shape index (κ1) is 20.7. The molecule has 0 saturated carbocycles. The van der Waals surface area contributed by atoms with Crippen molar-refractivity contribution < 1.29 is 30.0 Å². The summed E-state index contributed by atoms with van der Waals surface area (Å²) in [6.45, 7) is -0.525. The molecular weight excluding hydrogens is 384 g/mol. The van der Waals surface area contributed by atoms with Gasteiger partial charge in [0.05, 0.1) is 12.7 Å². The Hall–Kier alpha value is -2.99. The number of nitrogen functional groups attached to an aromatic ring is 1. The van der Waals surface area contributed by atoms with Gasteiger partial charge in [-0.2, -0.15) is 4.98 Å². The molecule has 11 nitrogen and oxygen atoms in total. The van der Waals surface area contributed by atoms with E-state index in [1.165, 1.54) is 30.5 Å². The molecule has 3 rings (SSSR count). The molecule has 1 aliphatic rings. The van der Waals surface area contributed by atoms with Crippen molar-refractivity contribution in [3.63, 3.8) is 0 Å². The molecule has 1 aliphatic heterocycles. The molecule has 11 heteroatoms. The summed E-state index contributed by atoms with van der Waals surface area (Å²) in [5, 5.41) is 39.2. The van der Waals surface area contributed by atoms with Crippen LogP contribution in [0.5, 0.6) is 5.75 Å². The van der Waals surface area contributed by atoms with Crippen LogP contribution >= 0.6 is 0 Å². The first-order valence-corrected chi connectivity index (χ1v) is 8.81. The van der Waals surface area contributed by atoms with Crippen molar-refractivity contribution in [3.05, 3.63) is 52.1 Å². The highest BCUT2D eigenvalue weighted by Crippen LogP contribution is 2.42. The van der Waals surface area contributed by atoms with E-state index in [2.05, 4.69) is 4.98 Å². The smallest absolute Gasteiger partial charge is 0.352 e. The number of aliphatic carboxylic acids is 1. The van der Waals surface area contributed by atoms with Gasteiger partial charge in [-0.25, -0.2) is 4.79 Å². The highest BCUT2D eigenvalue weighted by Gasteiger charge is 2.50. The van der Waals surface area contributed by atoms with E-state index < -0.39 is 42.2 Å². The molecule has 0 spiro atoms. The van der Waals surface area contributed by atoms with E-state index in [1.54, 1.807) is 0 Å². The lowest BCUT2D eigenvalue weighted by molar-refractivity contribution is -0.138. The Kier molecular flexibility index (Phi) is 5.57. The molecule has 1 aromatic carbocycles. The quantitative estimate of drug-likeness (QED) is 0.323. The molecule has 8 N–H and O–H groups in total. The molecule has 29 heavy (non-hydrogen) atoms. The summed E-state index contributed by atoms with van der Waals surface area (Å²) in [6.07, 6.45) is -1.15. The minimum Gasteiger partial charge on any atom is -0.508 e. The molecule has 0 bridgehead atoms. The standard InChI is InChI=1S/C18H22N4O7/c19-12(16(26)27)5-9-1-2-10(24)6-11(9)18(7-13(25)14(8-23)29-18)22-4-3-15(20)21-17(22)28/h1-4,6,12-14,23-25H,5,7-8,19H2,(H,26,27)(H2,20,21,28)/t12-,13+,14-,18+/m1/s1. The van der Waals surface area contributed by atoms with Crippen LogP contribution in [0.3, 0.4) is 0 Å². The third-order valence-electron chi connectivity index (χ3n) is 4.93. The number of nitrogens with zero attached hydrogens (tertiary/aromatic N) is 2. The molecule has 2 heterocycles. The lowest BCUT2D eigenvalue weighted by Crippen LogP contribution is -2.44. The zero-order valence-electron chi connectivity index (χ0n) is 15.3. The maximum atomic E-state index is 12.6. The van der Waals surface area contributed by atoms with Crippen LogP contribution in [-0.4, -0.2) is 60.8 Å². The zero-order chi connectivity index (χ0) is 21.3. The zero-order valence-corrected chi connectivity index (χ0v) is 15.3. The number of hydrogen-bond donors (Lipinski definition) is 6.